The molecule has 0 heterocycles. The van der Waals surface area contributed by atoms with Crippen molar-refractivity contribution in [2.75, 3.05) is 0 Å². The smallest absolute Gasteiger partial charge is 0.328 e. The van der Waals surface area contributed by atoms with Crippen molar-refractivity contribution in [1.82, 2.24) is 0 Å². The fourth-order valence-corrected chi connectivity index (χ4v) is 3.25. The van der Waals surface area contributed by atoms with E-state index in [1.54, 1.807) is 0 Å². The van der Waals surface area contributed by atoms with Crippen LogP contribution < -0.4 is 0 Å². The maximum atomic E-state index is 12.2. The summed E-state index contributed by atoms with van der Waals surface area (Å²) in [5.41, 5.74) is 22.1. The Morgan fingerprint density at radius 3 is 1.54 bits per heavy atom. The molecule has 0 atom stereocenters. The Hall–Kier alpha value is -3.46. The first-order chi connectivity index (χ1) is 12.6. The Balaban J connectivity index is 2.05. The van der Waals surface area contributed by atoms with E-state index in [0.717, 1.165) is 34.7 Å². The zero-order valence-electron chi connectivity index (χ0n) is 14.1. The van der Waals surface area contributed by atoms with Crippen molar-refractivity contribution < 1.29 is 19.2 Å². The van der Waals surface area contributed by atoms with Crippen LogP contribution in [0.1, 0.15) is 43.0 Å². The number of carbonyl (C=O) groups is 2. The van der Waals surface area contributed by atoms with Crippen LogP contribution in [0, 0.1) is 0 Å². The molecule has 4 aliphatic rings. The predicted molar refractivity (Wildman–Crippen MR) is 95.7 cm³/mol. The van der Waals surface area contributed by atoms with Crippen molar-refractivity contribution in [1.29, 1.82) is 0 Å². The topological polar surface area (TPSA) is 107 Å². The van der Waals surface area contributed by atoms with Crippen LogP contribution in [0.2, 0.25) is 0 Å². The highest BCUT2D eigenvalue weighted by atomic mass is 16.1. The van der Waals surface area contributed by atoms with Crippen molar-refractivity contribution in [3.05, 3.63) is 80.8 Å². The minimum Gasteiger partial charge on any atom is -0.361 e. The van der Waals surface area contributed by atoms with Crippen LogP contribution in [-0.2, 0) is 25.7 Å². The normalized spacial score (nSPS) is 12.3. The number of Topliss-reactive ketones (excluding diaryl/α,β-unsaturated/α-hetero) is 2. The molecule has 0 radical (unpaired) electrons. The van der Waals surface area contributed by atoms with Crippen molar-refractivity contribution in [2.45, 2.75) is 25.7 Å². The summed E-state index contributed by atoms with van der Waals surface area (Å²) in [6.07, 6.45) is 4.34. The van der Waals surface area contributed by atoms with Crippen molar-refractivity contribution >= 4 is 24.0 Å². The molecule has 6 heteroatoms. The third-order valence-corrected chi connectivity index (χ3v) is 4.60. The van der Waals surface area contributed by atoms with Gasteiger partial charge >= 0.3 is 12.4 Å². The van der Waals surface area contributed by atoms with E-state index in [9.17, 15) is 9.59 Å². The number of rotatable bonds is 4. The van der Waals surface area contributed by atoms with E-state index in [1.165, 1.54) is 0 Å². The number of benzene rings is 2. The van der Waals surface area contributed by atoms with Gasteiger partial charge < -0.3 is 11.1 Å². The second kappa shape index (κ2) is 7.62. The lowest BCUT2D eigenvalue weighted by Crippen LogP contribution is -2.11. The van der Waals surface area contributed by atoms with E-state index < -0.39 is 0 Å². The predicted octanol–water partition coefficient (Wildman–Crippen LogP) is 2.54. The summed E-state index contributed by atoms with van der Waals surface area (Å²) in [4.78, 5) is 30.1. The van der Waals surface area contributed by atoms with Gasteiger partial charge in [0.2, 0.25) is 0 Å². The summed E-state index contributed by atoms with van der Waals surface area (Å²) in [5, 5.41) is 0. The summed E-state index contributed by atoms with van der Waals surface area (Å²) >= 11 is 0. The Kier molecular flexibility index (Phi) is 5.09. The van der Waals surface area contributed by atoms with Gasteiger partial charge in [-0.15, -0.1) is 0 Å². The van der Waals surface area contributed by atoms with Gasteiger partial charge in [-0.05, 0) is 60.1 Å². The van der Waals surface area contributed by atoms with Crippen molar-refractivity contribution in [2.24, 2.45) is 0 Å². The highest BCUT2D eigenvalue weighted by Gasteiger charge is 2.18. The Labute approximate surface area is 150 Å². The quantitative estimate of drug-likeness (QED) is 0.368. The van der Waals surface area contributed by atoms with E-state index in [2.05, 4.69) is 9.58 Å². The minimum absolute atomic E-state index is 0.328. The van der Waals surface area contributed by atoms with E-state index in [-0.39, 0.29) is 11.6 Å². The molecule has 128 valence electrons. The zero-order chi connectivity index (χ0) is 18.5. The first-order valence-corrected chi connectivity index (χ1v) is 8.29. The van der Waals surface area contributed by atoms with Crippen LogP contribution in [0.15, 0.2) is 36.4 Å². The molecule has 4 aliphatic carbocycles. The summed E-state index contributed by atoms with van der Waals surface area (Å²) in [6, 6.07) is 11.5. The molecule has 0 unspecified atom stereocenters. The number of nitrogens with zero attached hydrogens (tertiary/aromatic N) is 4. The minimum atomic E-state index is -0.328. The molecule has 4 bridgehead atoms. The third-order valence-electron chi connectivity index (χ3n) is 4.60. The summed E-state index contributed by atoms with van der Waals surface area (Å²) in [7, 11) is 0. The van der Waals surface area contributed by atoms with Crippen LogP contribution in [0.3, 0.4) is 0 Å². The molecule has 2 aromatic carbocycles. The van der Waals surface area contributed by atoms with Gasteiger partial charge in [-0.25, -0.2) is 0 Å². The molecule has 0 fully saturated rings. The average molecular weight is 344 g/mol. The van der Waals surface area contributed by atoms with E-state index in [0.29, 0.717) is 36.8 Å². The van der Waals surface area contributed by atoms with E-state index in [1.807, 2.05) is 36.4 Å². The SMILES string of the molecule is [N-]=[N+]=CC(=O)c1cc2ccc1CCc1ccc(c(C(=O)C=[N+]=[N-])c1)CC2. The summed E-state index contributed by atoms with van der Waals surface area (Å²) in [5.74, 6) is -0.657. The van der Waals surface area contributed by atoms with Crippen LogP contribution in [0.5, 0.6) is 0 Å². The van der Waals surface area contributed by atoms with E-state index >= 15 is 0 Å². The molecule has 0 saturated carbocycles. The number of hydrogen-bond donors (Lipinski definition) is 0. The van der Waals surface area contributed by atoms with Gasteiger partial charge in [0.25, 0.3) is 11.6 Å². The highest BCUT2D eigenvalue weighted by Crippen LogP contribution is 2.22. The molecular formula is C20H16N4O2. The molecule has 0 saturated heterocycles. The van der Waals surface area contributed by atoms with Crippen LogP contribution >= 0.6 is 0 Å². The second-order valence-electron chi connectivity index (χ2n) is 6.20. The Morgan fingerprint density at radius 2 is 1.15 bits per heavy atom. The van der Waals surface area contributed by atoms with Crippen molar-refractivity contribution in [3.63, 3.8) is 0 Å². The van der Waals surface area contributed by atoms with Gasteiger partial charge in [0.05, 0.1) is 0 Å². The lowest BCUT2D eigenvalue weighted by Gasteiger charge is -2.14. The third kappa shape index (κ3) is 3.62. The average Bonchev–Trinajstić information content (AvgIpc) is 2.63. The Bertz CT molecular complexity index is 915. The summed E-state index contributed by atoms with van der Waals surface area (Å²) in [6.45, 7) is 0. The standard InChI is InChI=1S/C20H16N4O2/c21-23-11-19(25)17-9-13-1-5-15(17)8-4-14-2-6-16(7-3-13)18(10-14)20(26)12-24-22/h1-2,5-6,9-12H,3-4,7-8H2. The summed E-state index contributed by atoms with van der Waals surface area (Å²) < 4.78 is 0. The lowest BCUT2D eigenvalue weighted by atomic mass is 9.89. The van der Waals surface area contributed by atoms with Crippen molar-refractivity contribution in [3.8, 4) is 0 Å². The van der Waals surface area contributed by atoms with Gasteiger partial charge in [0.15, 0.2) is 0 Å². The van der Waals surface area contributed by atoms with Gasteiger partial charge in [-0.1, -0.05) is 24.3 Å². The molecule has 0 aliphatic heterocycles. The fourth-order valence-electron chi connectivity index (χ4n) is 3.25. The molecular weight excluding hydrogens is 328 g/mol. The maximum absolute atomic E-state index is 12.2. The van der Waals surface area contributed by atoms with Crippen LogP contribution in [-0.4, -0.2) is 33.6 Å². The number of carbonyl (C=O) groups excluding carboxylic acids is 2. The molecule has 0 N–H and O–H groups in total. The van der Waals surface area contributed by atoms with E-state index in [4.69, 9.17) is 11.1 Å². The molecule has 0 spiro atoms. The number of ketones is 2. The van der Waals surface area contributed by atoms with Gasteiger partial charge in [0, 0.05) is 11.1 Å². The van der Waals surface area contributed by atoms with Crippen LogP contribution in [0.25, 0.3) is 11.1 Å². The molecule has 2 aromatic rings. The fraction of sp³-hybridized carbons (Fsp3) is 0.200. The highest BCUT2D eigenvalue weighted by molar-refractivity contribution is 6.34. The molecule has 6 nitrogen and oxygen atoms in total. The monoisotopic (exact) mass is 344 g/mol. The number of hydrogen-bond acceptors (Lipinski definition) is 2. The second-order valence-corrected chi connectivity index (χ2v) is 6.20. The number of aryl methyl sites for hydroxylation is 4. The molecule has 26 heavy (non-hydrogen) atoms. The van der Waals surface area contributed by atoms with Gasteiger partial charge in [-0.2, -0.15) is 9.58 Å². The lowest BCUT2D eigenvalue weighted by molar-refractivity contribution is 0.00213. The molecule has 0 aromatic heterocycles. The maximum Gasteiger partial charge on any atom is 0.328 e. The van der Waals surface area contributed by atoms with Gasteiger partial charge in [-0.3, -0.25) is 9.59 Å². The zero-order valence-corrected chi connectivity index (χ0v) is 14.1. The Morgan fingerprint density at radius 1 is 0.731 bits per heavy atom. The first-order valence-electron chi connectivity index (χ1n) is 8.29. The molecule has 0 amide bonds. The largest absolute Gasteiger partial charge is 0.361 e. The van der Waals surface area contributed by atoms with Crippen LogP contribution in [0.4, 0.5) is 0 Å². The first kappa shape index (κ1) is 17.4. The van der Waals surface area contributed by atoms with Gasteiger partial charge in [0.1, 0.15) is 0 Å². The molecule has 6 rings (SSSR count).